The molecule has 44 heavy (non-hydrogen) atoms. The zero-order chi connectivity index (χ0) is 29.0. The highest BCUT2D eigenvalue weighted by molar-refractivity contribution is 6.20. The number of rotatable bonds is 4. The average Bonchev–Trinajstić information content (AvgIpc) is 3.48. The van der Waals surface area contributed by atoms with Gasteiger partial charge in [-0.3, -0.25) is 0 Å². The van der Waals surface area contributed by atoms with Crippen LogP contribution in [0.4, 0.5) is 17.1 Å². The van der Waals surface area contributed by atoms with Crippen LogP contribution in [-0.4, -0.2) is 0 Å². The van der Waals surface area contributed by atoms with Crippen LogP contribution in [0.2, 0.25) is 0 Å². The van der Waals surface area contributed by atoms with Crippen LogP contribution in [0.5, 0.6) is 0 Å². The highest BCUT2D eigenvalue weighted by Crippen LogP contribution is 2.42. The predicted octanol–water partition coefficient (Wildman–Crippen LogP) is 12.2. The van der Waals surface area contributed by atoms with Gasteiger partial charge in [-0.15, -0.1) is 0 Å². The molecule has 0 radical (unpaired) electrons. The Morgan fingerprint density at radius 1 is 0.386 bits per heavy atom. The van der Waals surface area contributed by atoms with Gasteiger partial charge in [0.25, 0.3) is 0 Å². The molecular formula is C42H27NO. The lowest BCUT2D eigenvalue weighted by molar-refractivity contribution is 0.669. The summed E-state index contributed by atoms with van der Waals surface area (Å²) in [6.45, 7) is 0. The minimum absolute atomic E-state index is 0.885. The van der Waals surface area contributed by atoms with E-state index in [0.29, 0.717) is 0 Å². The second kappa shape index (κ2) is 9.86. The van der Waals surface area contributed by atoms with E-state index in [-0.39, 0.29) is 0 Å². The lowest BCUT2D eigenvalue weighted by Crippen LogP contribution is -2.10. The first kappa shape index (κ1) is 24.7. The van der Waals surface area contributed by atoms with Crippen LogP contribution in [0.1, 0.15) is 0 Å². The maximum absolute atomic E-state index is 6.46. The van der Waals surface area contributed by atoms with Gasteiger partial charge in [0.1, 0.15) is 5.58 Å². The van der Waals surface area contributed by atoms with Crippen LogP contribution in [0.3, 0.4) is 0 Å². The van der Waals surface area contributed by atoms with Gasteiger partial charge >= 0.3 is 0 Å². The molecule has 0 aliphatic heterocycles. The fraction of sp³-hybridized carbons (Fsp3) is 0. The van der Waals surface area contributed by atoms with E-state index >= 15 is 0 Å². The summed E-state index contributed by atoms with van der Waals surface area (Å²) in [5, 5.41) is 9.94. The molecule has 206 valence electrons. The first-order valence-corrected chi connectivity index (χ1v) is 15.0. The van der Waals surface area contributed by atoms with Crippen molar-refractivity contribution in [3.63, 3.8) is 0 Å². The average molecular weight is 562 g/mol. The molecular weight excluding hydrogens is 534 g/mol. The van der Waals surface area contributed by atoms with E-state index < -0.39 is 0 Å². The van der Waals surface area contributed by atoms with E-state index in [1.165, 1.54) is 43.4 Å². The molecule has 9 aromatic rings. The molecule has 2 heteroatoms. The molecule has 0 aliphatic carbocycles. The number of fused-ring (bicyclic) bond motifs is 8. The quantitative estimate of drug-likeness (QED) is 0.199. The van der Waals surface area contributed by atoms with Gasteiger partial charge in [0, 0.05) is 22.1 Å². The monoisotopic (exact) mass is 561 g/mol. The van der Waals surface area contributed by atoms with Gasteiger partial charge in [-0.1, -0.05) is 121 Å². The van der Waals surface area contributed by atoms with Gasteiger partial charge in [-0.05, 0) is 85.9 Å². The largest absolute Gasteiger partial charge is 0.454 e. The minimum Gasteiger partial charge on any atom is -0.454 e. The molecule has 0 unspecified atom stereocenters. The van der Waals surface area contributed by atoms with Crippen LogP contribution in [-0.2, 0) is 0 Å². The molecule has 0 fully saturated rings. The SMILES string of the molecule is c1ccc(N(c2ccc(-c3ccc4c(ccc5ccc6ccccc6c54)c3)cc2)c2cccc3c2oc2ccccc23)cc1. The van der Waals surface area contributed by atoms with E-state index in [0.717, 1.165) is 39.0 Å². The molecule has 0 N–H and O–H groups in total. The van der Waals surface area contributed by atoms with Gasteiger partial charge in [0.2, 0.25) is 0 Å². The summed E-state index contributed by atoms with van der Waals surface area (Å²) >= 11 is 0. The number of benzene rings is 8. The summed E-state index contributed by atoms with van der Waals surface area (Å²) in [5.41, 5.74) is 7.34. The summed E-state index contributed by atoms with van der Waals surface area (Å²) < 4.78 is 6.46. The maximum Gasteiger partial charge on any atom is 0.159 e. The molecule has 1 aromatic heterocycles. The zero-order valence-corrected chi connectivity index (χ0v) is 23.9. The van der Waals surface area contributed by atoms with Crippen molar-refractivity contribution >= 4 is 71.3 Å². The van der Waals surface area contributed by atoms with E-state index in [2.05, 4.69) is 157 Å². The molecule has 8 aromatic carbocycles. The van der Waals surface area contributed by atoms with Gasteiger partial charge in [-0.2, -0.15) is 0 Å². The summed E-state index contributed by atoms with van der Waals surface area (Å²) in [6, 6.07) is 58.5. The summed E-state index contributed by atoms with van der Waals surface area (Å²) in [5.74, 6) is 0. The van der Waals surface area contributed by atoms with Crippen molar-refractivity contribution < 1.29 is 4.42 Å². The van der Waals surface area contributed by atoms with Crippen molar-refractivity contribution in [3.8, 4) is 11.1 Å². The Hall–Kier alpha value is -5.86. The third kappa shape index (κ3) is 3.89. The molecule has 1 heterocycles. The minimum atomic E-state index is 0.885. The second-order valence-electron chi connectivity index (χ2n) is 11.4. The highest BCUT2D eigenvalue weighted by atomic mass is 16.3. The fourth-order valence-electron chi connectivity index (χ4n) is 6.73. The Morgan fingerprint density at radius 3 is 1.89 bits per heavy atom. The standard InChI is InChI=1S/C42H27NO/c1-2-10-33(11-3-1)43(39-15-8-14-38-37-13-6-7-16-40(37)44-42(38)39)34-24-21-28(22-25-34)31-23-26-36-32(27-31)20-19-30-18-17-29-9-4-5-12-35(29)41(30)36/h1-27H. The first-order valence-electron chi connectivity index (χ1n) is 15.0. The molecule has 0 amide bonds. The number of anilines is 3. The predicted molar refractivity (Wildman–Crippen MR) is 186 cm³/mol. The number of nitrogens with zero attached hydrogens (tertiary/aromatic N) is 1. The van der Waals surface area contributed by atoms with Crippen molar-refractivity contribution in [1.82, 2.24) is 0 Å². The van der Waals surface area contributed by atoms with Crippen LogP contribution < -0.4 is 4.90 Å². The van der Waals surface area contributed by atoms with E-state index in [1.807, 2.05) is 12.1 Å². The van der Waals surface area contributed by atoms with Crippen LogP contribution in [0, 0.1) is 0 Å². The molecule has 0 aliphatic rings. The van der Waals surface area contributed by atoms with Crippen molar-refractivity contribution in [2.75, 3.05) is 4.90 Å². The highest BCUT2D eigenvalue weighted by Gasteiger charge is 2.19. The van der Waals surface area contributed by atoms with Crippen LogP contribution >= 0.6 is 0 Å². The van der Waals surface area contributed by atoms with Gasteiger partial charge in [0.05, 0.1) is 5.69 Å². The lowest BCUT2D eigenvalue weighted by Gasteiger charge is -2.25. The van der Waals surface area contributed by atoms with E-state index in [1.54, 1.807) is 0 Å². The maximum atomic E-state index is 6.46. The van der Waals surface area contributed by atoms with Gasteiger partial charge < -0.3 is 9.32 Å². The summed E-state index contributed by atoms with van der Waals surface area (Å²) in [6.07, 6.45) is 0. The van der Waals surface area contributed by atoms with Gasteiger partial charge in [0.15, 0.2) is 5.58 Å². The fourth-order valence-corrected chi connectivity index (χ4v) is 6.73. The number of hydrogen-bond acceptors (Lipinski definition) is 2. The Bertz CT molecular complexity index is 2490. The second-order valence-corrected chi connectivity index (χ2v) is 11.4. The van der Waals surface area contributed by atoms with Gasteiger partial charge in [-0.25, -0.2) is 0 Å². The Labute approximate surface area is 255 Å². The lowest BCUT2D eigenvalue weighted by atomic mass is 9.94. The summed E-state index contributed by atoms with van der Waals surface area (Å²) in [7, 11) is 0. The molecule has 0 saturated carbocycles. The zero-order valence-electron chi connectivity index (χ0n) is 23.9. The molecule has 0 saturated heterocycles. The smallest absolute Gasteiger partial charge is 0.159 e. The number of para-hydroxylation sites is 3. The number of hydrogen-bond donors (Lipinski definition) is 0. The topological polar surface area (TPSA) is 16.4 Å². The Balaban J connectivity index is 1.16. The Morgan fingerprint density at radius 2 is 1.02 bits per heavy atom. The van der Waals surface area contributed by atoms with E-state index in [4.69, 9.17) is 4.42 Å². The third-order valence-corrected chi connectivity index (χ3v) is 8.82. The third-order valence-electron chi connectivity index (χ3n) is 8.82. The van der Waals surface area contributed by atoms with Crippen molar-refractivity contribution in [1.29, 1.82) is 0 Å². The molecule has 2 nitrogen and oxygen atoms in total. The van der Waals surface area contributed by atoms with E-state index in [9.17, 15) is 0 Å². The molecule has 9 rings (SSSR count). The van der Waals surface area contributed by atoms with Crippen LogP contribution in [0.25, 0.3) is 65.4 Å². The van der Waals surface area contributed by atoms with Crippen molar-refractivity contribution in [3.05, 3.63) is 164 Å². The molecule has 0 atom stereocenters. The normalized spacial score (nSPS) is 11.6. The molecule has 0 bridgehead atoms. The summed E-state index contributed by atoms with van der Waals surface area (Å²) in [4.78, 5) is 2.28. The van der Waals surface area contributed by atoms with Crippen molar-refractivity contribution in [2.24, 2.45) is 0 Å². The number of furan rings is 1. The molecule has 0 spiro atoms. The Kier molecular flexibility index (Phi) is 5.54. The van der Waals surface area contributed by atoms with Crippen LogP contribution in [0.15, 0.2) is 168 Å². The first-order chi connectivity index (χ1) is 21.8. The van der Waals surface area contributed by atoms with Crippen molar-refractivity contribution in [2.45, 2.75) is 0 Å².